The fraction of sp³-hybridized carbons (Fsp3) is 0.393. The summed E-state index contributed by atoms with van der Waals surface area (Å²) in [6.45, 7) is 8.83. The zero-order valence-corrected chi connectivity index (χ0v) is 21.0. The lowest BCUT2D eigenvalue weighted by atomic mass is 10.0. The molecule has 0 amide bonds. The lowest BCUT2D eigenvalue weighted by molar-refractivity contribution is -0.274. The molecule has 3 heterocycles. The Hall–Kier alpha value is -3.30. The summed E-state index contributed by atoms with van der Waals surface area (Å²) < 4.78 is 44.1. The van der Waals surface area contributed by atoms with Gasteiger partial charge in [-0.2, -0.15) is 5.10 Å². The van der Waals surface area contributed by atoms with E-state index >= 15 is 0 Å². The fourth-order valence-electron chi connectivity index (χ4n) is 5.00. The molecule has 0 saturated carbocycles. The molecule has 1 aliphatic rings. The van der Waals surface area contributed by atoms with Crippen LogP contribution < -0.4 is 4.74 Å². The number of aryl methyl sites for hydroxylation is 1. The maximum atomic E-state index is 12.6. The lowest BCUT2D eigenvalue weighted by Crippen LogP contribution is -2.45. The van der Waals surface area contributed by atoms with Crippen molar-refractivity contribution in [1.29, 1.82) is 0 Å². The van der Waals surface area contributed by atoms with Gasteiger partial charge in [-0.15, -0.1) is 13.2 Å². The smallest absolute Gasteiger partial charge is 0.406 e. The van der Waals surface area contributed by atoms with E-state index < -0.39 is 6.36 Å². The Kier molecular flexibility index (Phi) is 7.53. The van der Waals surface area contributed by atoms with Gasteiger partial charge in [0.25, 0.3) is 0 Å². The molecule has 0 radical (unpaired) electrons. The maximum absolute atomic E-state index is 12.6. The summed E-state index contributed by atoms with van der Waals surface area (Å²) >= 11 is 0. The van der Waals surface area contributed by atoms with Crippen LogP contribution in [0.2, 0.25) is 0 Å². The van der Waals surface area contributed by atoms with Gasteiger partial charge in [0.2, 0.25) is 0 Å². The van der Waals surface area contributed by atoms with Crippen LogP contribution in [-0.2, 0) is 19.6 Å². The number of hydrogen-bond acceptors (Lipinski definition) is 4. The molecular formula is C28H32F3N5O. The second-order valence-corrected chi connectivity index (χ2v) is 9.65. The first kappa shape index (κ1) is 25.4. The van der Waals surface area contributed by atoms with Gasteiger partial charge in [0, 0.05) is 80.4 Å². The zero-order valence-electron chi connectivity index (χ0n) is 21.0. The molecule has 1 aliphatic heterocycles. The van der Waals surface area contributed by atoms with Crippen LogP contribution in [0.25, 0.3) is 22.0 Å². The van der Waals surface area contributed by atoms with Gasteiger partial charge in [-0.1, -0.05) is 31.5 Å². The van der Waals surface area contributed by atoms with Gasteiger partial charge in [0.05, 0.1) is 0 Å². The first-order valence-electron chi connectivity index (χ1n) is 12.8. The van der Waals surface area contributed by atoms with Crippen LogP contribution in [0, 0.1) is 0 Å². The van der Waals surface area contributed by atoms with Crippen LogP contribution in [0.15, 0.2) is 60.9 Å². The fourth-order valence-corrected chi connectivity index (χ4v) is 5.00. The molecule has 0 atom stereocenters. The Morgan fingerprint density at radius 2 is 1.68 bits per heavy atom. The largest absolute Gasteiger partial charge is 0.573 e. The molecule has 0 unspecified atom stereocenters. The van der Waals surface area contributed by atoms with Crippen LogP contribution in [0.3, 0.4) is 0 Å². The van der Waals surface area contributed by atoms with E-state index in [9.17, 15) is 13.2 Å². The molecule has 6 nitrogen and oxygen atoms in total. The normalized spacial score (nSPS) is 15.5. The van der Waals surface area contributed by atoms with Crippen molar-refractivity contribution in [2.75, 3.05) is 26.2 Å². The number of hydrogen-bond donors (Lipinski definition) is 1. The number of ether oxygens (including phenoxy) is 1. The Morgan fingerprint density at radius 3 is 2.32 bits per heavy atom. The van der Waals surface area contributed by atoms with E-state index in [1.165, 1.54) is 17.7 Å². The number of unbranched alkanes of at least 4 members (excludes halogenated alkanes) is 1. The molecule has 1 saturated heterocycles. The number of aromatic nitrogens is 3. The molecule has 37 heavy (non-hydrogen) atoms. The van der Waals surface area contributed by atoms with Crippen LogP contribution in [0.4, 0.5) is 13.2 Å². The van der Waals surface area contributed by atoms with Crippen molar-refractivity contribution in [2.45, 2.75) is 45.8 Å². The summed E-state index contributed by atoms with van der Waals surface area (Å²) in [6, 6.07) is 14.8. The summed E-state index contributed by atoms with van der Waals surface area (Å²) in [6.07, 6.45) is 1.36. The molecule has 4 aromatic rings. The molecule has 0 spiro atoms. The third kappa shape index (κ3) is 6.34. The number of nitrogens with zero attached hydrogens (tertiary/aromatic N) is 4. The number of aromatic amines is 1. The number of nitrogens with one attached hydrogen (secondary N) is 1. The number of benzene rings is 2. The van der Waals surface area contributed by atoms with Crippen LogP contribution in [0.5, 0.6) is 5.75 Å². The van der Waals surface area contributed by atoms with E-state index in [4.69, 9.17) is 0 Å². The average Bonchev–Trinajstić information content (AvgIpc) is 3.51. The minimum absolute atomic E-state index is 0.210. The zero-order chi connectivity index (χ0) is 25.8. The number of halogens is 3. The molecule has 1 fully saturated rings. The highest BCUT2D eigenvalue weighted by atomic mass is 19.4. The van der Waals surface area contributed by atoms with E-state index in [1.54, 1.807) is 18.3 Å². The van der Waals surface area contributed by atoms with E-state index in [1.807, 2.05) is 6.07 Å². The van der Waals surface area contributed by atoms with Gasteiger partial charge in [-0.05, 0) is 47.9 Å². The minimum Gasteiger partial charge on any atom is -0.406 e. The predicted molar refractivity (Wildman–Crippen MR) is 138 cm³/mol. The van der Waals surface area contributed by atoms with Crippen molar-refractivity contribution in [3.63, 3.8) is 0 Å². The highest BCUT2D eigenvalue weighted by Gasteiger charge is 2.31. The monoisotopic (exact) mass is 511 g/mol. The molecular weight excluding hydrogens is 479 g/mol. The first-order valence-corrected chi connectivity index (χ1v) is 12.8. The molecule has 1 N–H and O–H groups in total. The van der Waals surface area contributed by atoms with Crippen LogP contribution in [-0.4, -0.2) is 57.1 Å². The number of alkyl halides is 3. The van der Waals surface area contributed by atoms with Gasteiger partial charge in [-0.3, -0.25) is 14.9 Å². The summed E-state index contributed by atoms with van der Waals surface area (Å²) in [5.74, 6) is -0.210. The highest BCUT2D eigenvalue weighted by molar-refractivity contribution is 5.96. The Bertz CT molecular complexity index is 1290. The summed E-state index contributed by atoms with van der Waals surface area (Å²) in [4.78, 5) is 4.91. The molecule has 5 rings (SSSR count). The van der Waals surface area contributed by atoms with Crippen molar-refractivity contribution < 1.29 is 17.9 Å². The van der Waals surface area contributed by atoms with Gasteiger partial charge >= 0.3 is 6.36 Å². The first-order chi connectivity index (χ1) is 17.9. The van der Waals surface area contributed by atoms with Crippen molar-refractivity contribution in [3.8, 4) is 16.9 Å². The van der Waals surface area contributed by atoms with Crippen molar-refractivity contribution in [1.82, 2.24) is 24.6 Å². The Morgan fingerprint density at radius 1 is 0.946 bits per heavy atom. The van der Waals surface area contributed by atoms with E-state index in [-0.39, 0.29) is 5.75 Å². The van der Waals surface area contributed by atoms with Crippen molar-refractivity contribution in [2.24, 2.45) is 0 Å². The number of rotatable bonds is 9. The summed E-state index contributed by atoms with van der Waals surface area (Å²) in [5, 5.41) is 8.19. The summed E-state index contributed by atoms with van der Waals surface area (Å²) in [5.41, 5.74) is 5.42. The molecule has 2 aromatic heterocycles. The molecule has 196 valence electrons. The minimum atomic E-state index is -4.70. The van der Waals surface area contributed by atoms with Crippen molar-refractivity contribution in [3.05, 3.63) is 72.2 Å². The molecule has 0 aliphatic carbocycles. The SMILES string of the molecule is CCCCn1cc(-c2ccc(OC(F)(F)F)cc2)c2cc(CN3CCN(Cc4ccn[nH]4)CC3)ccc21. The number of H-pyrrole nitrogens is 1. The van der Waals surface area contributed by atoms with E-state index in [2.05, 4.69) is 60.6 Å². The van der Waals surface area contributed by atoms with Gasteiger partial charge in [0.1, 0.15) is 5.75 Å². The second-order valence-electron chi connectivity index (χ2n) is 9.65. The summed E-state index contributed by atoms with van der Waals surface area (Å²) in [7, 11) is 0. The lowest BCUT2D eigenvalue weighted by Gasteiger charge is -2.34. The topological polar surface area (TPSA) is 49.3 Å². The Labute approximate surface area is 214 Å². The highest BCUT2D eigenvalue weighted by Crippen LogP contribution is 2.34. The quantitative estimate of drug-likeness (QED) is 0.297. The molecule has 2 aromatic carbocycles. The third-order valence-electron chi connectivity index (χ3n) is 6.92. The van der Waals surface area contributed by atoms with Crippen LogP contribution >= 0.6 is 0 Å². The van der Waals surface area contributed by atoms with Gasteiger partial charge in [-0.25, -0.2) is 0 Å². The molecule has 0 bridgehead atoms. The standard InChI is InChI=1S/C28H32F3N5O/c1-2-3-12-36-20-26(22-5-7-24(8-6-22)37-28(29,30)31)25-17-21(4-9-27(25)36)18-34-13-15-35(16-14-34)19-23-10-11-32-33-23/h4-11,17,20H,2-3,12-16,18-19H2,1H3,(H,32,33). The van der Waals surface area contributed by atoms with Crippen LogP contribution in [0.1, 0.15) is 31.0 Å². The van der Waals surface area contributed by atoms with E-state index in [0.717, 1.165) is 86.4 Å². The van der Waals surface area contributed by atoms with E-state index in [0.29, 0.717) is 0 Å². The number of fused-ring (bicyclic) bond motifs is 1. The maximum Gasteiger partial charge on any atom is 0.573 e. The molecule has 9 heteroatoms. The average molecular weight is 512 g/mol. The van der Waals surface area contributed by atoms with Gasteiger partial charge < -0.3 is 9.30 Å². The third-order valence-corrected chi connectivity index (χ3v) is 6.92. The number of piperazine rings is 1. The van der Waals surface area contributed by atoms with Crippen molar-refractivity contribution >= 4 is 10.9 Å². The predicted octanol–water partition coefficient (Wildman–Crippen LogP) is 6.05. The Balaban J connectivity index is 1.34. The van der Waals surface area contributed by atoms with Gasteiger partial charge in [0.15, 0.2) is 0 Å². The second kappa shape index (κ2) is 11.0.